The van der Waals surface area contributed by atoms with Gasteiger partial charge in [0, 0.05) is 26.2 Å². The number of fused-ring (bicyclic) bond motifs is 2. The van der Waals surface area contributed by atoms with Crippen LogP contribution in [-0.4, -0.2) is 75.2 Å². The number of carbonyl (C=O) groups excluding carboxylic acids is 1. The van der Waals surface area contributed by atoms with Crippen molar-refractivity contribution in [3.8, 4) is 5.69 Å². The Balaban J connectivity index is 1.10. The van der Waals surface area contributed by atoms with E-state index in [9.17, 15) is 13.2 Å². The lowest BCUT2D eigenvalue weighted by molar-refractivity contribution is -0.129. The molecule has 0 unspecified atom stereocenters. The van der Waals surface area contributed by atoms with Crippen LogP contribution in [0.4, 0.5) is 0 Å². The summed E-state index contributed by atoms with van der Waals surface area (Å²) in [4.78, 5) is 23.7. The van der Waals surface area contributed by atoms with E-state index in [2.05, 4.69) is 15.1 Å². The molecule has 38 heavy (non-hydrogen) atoms. The summed E-state index contributed by atoms with van der Waals surface area (Å²) in [5.41, 5.74) is 1.57. The van der Waals surface area contributed by atoms with Crippen molar-refractivity contribution >= 4 is 49.5 Å². The van der Waals surface area contributed by atoms with Crippen molar-refractivity contribution in [2.75, 3.05) is 31.9 Å². The quantitative estimate of drug-likeness (QED) is 0.238. The predicted molar refractivity (Wildman–Crippen MR) is 147 cm³/mol. The Bertz CT molecular complexity index is 1730. The first kappa shape index (κ1) is 24.5. The molecule has 0 radical (unpaired) electrons. The van der Waals surface area contributed by atoms with Crippen LogP contribution in [0.3, 0.4) is 0 Å². The lowest BCUT2D eigenvalue weighted by Gasteiger charge is -2.34. The van der Waals surface area contributed by atoms with E-state index in [1.807, 2.05) is 60.7 Å². The largest absolute Gasteiger partial charge is 0.339 e. The Kier molecular flexibility index (Phi) is 6.56. The van der Waals surface area contributed by atoms with E-state index in [1.54, 1.807) is 27.9 Å². The molecule has 0 saturated carbocycles. The molecule has 1 aliphatic heterocycles. The summed E-state index contributed by atoms with van der Waals surface area (Å²) in [7, 11) is -3.64. The highest BCUT2D eigenvalue weighted by atomic mass is 32.2. The number of para-hydroxylation sites is 1. The standard InChI is InChI=1S/C27H24N6O3S2/c34-25(18-37-27-24-17-30-33(26(24)28-19-29-27)22-8-2-1-3-9-22)31-12-14-32(15-13-31)38(35,36)23-11-10-20-6-4-5-7-21(20)16-23/h1-11,16-17,19H,12-15,18H2. The molecular formula is C27H24N6O3S2. The number of sulfonamides is 1. The van der Waals surface area contributed by atoms with Crippen LogP contribution in [0.25, 0.3) is 27.5 Å². The molecule has 9 nitrogen and oxygen atoms in total. The second kappa shape index (κ2) is 10.2. The van der Waals surface area contributed by atoms with Gasteiger partial charge in [0.15, 0.2) is 5.65 Å². The van der Waals surface area contributed by atoms with Gasteiger partial charge in [-0.25, -0.2) is 23.1 Å². The monoisotopic (exact) mass is 544 g/mol. The van der Waals surface area contributed by atoms with Crippen LogP contribution in [0.5, 0.6) is 0 Å². The van der Waals surface area contributed by atoms with Crippen molar-refractivity contribution in [1.29, 1.82) is 0 Å². The maximum absolute atomic E-state index is 13.2. The topological polar surface area (TPSA) is 101 Å². The molecule has 0 bridgehead atoms. The molecule has 0 spiro atoms. The number of benzene rings is 3. The van der Waals surface area contributed by atoms with Crippen LogP contribution in [0, 0.1) is 0 Å². The summed E-state index contributed by atoms with van der Waals surface area (Å²) >= 11 is 1.34. The third kappa shape index (κ3) is 4.64. The minimum absolute atomic E-state index is 0.0556. The highest BCUT2D eigenvalue weighted by Gasteiger charge is 2.30. The third-order valence-electron chi connectivity index (χ3n) is 6.61. The van der Waals surface area contributed by atoms with E-state index in [0.717, 1.165) is 21.8 Å². The van der Waals surface area contributed by atoms with Gasteiger partial charge >= 0.3 is 0 Å². The molecule has 1 saturated heterocycles. The molecule has 11 heteroatoms. The Morgan fingerprint density at radius 2 is 1.61 bits per heavy atom. The average Bonchev–Trinajstić information content (AvgIpc) is 3.41. The number of thioether (sulfide) groups is 1. The molecule has 3 aromatic carbocycles. The zero-order valence-electron chi connectivity index (χ0n) is 20.3. The predicted octanol–water partition coefficient (Wildman–Crippen LogP) is 3.59. The molecule has 192 valence electrons. The van der Waals surface area contributed by atoms with Crippen molar-refractivity contribution in [3.63, 3.8) is 0 Å². The maximum atomic E-state index is 13.2. The van der Waals surface area contributed by atoms with Crippen LogP contribution < -0.4 is 0 Å². The Labute approximate surface area is 224 Å². The Hall–Kier alpha value is -3.80. The summed E-state index contributed by atoms with van der Waals surface area (Å²) < 4.78 is 29.7. The molecule has 3 heterocycles. The van der Waals surface area contributed by atoms with Crippen molar-refractivity contribution in [2.45, 2.75) is 9.92 Å². The fraction of sp³-hybridized carbons (Fsp3) is 0.185. The zero-order chi connectivity index (χ0) is 26.1. The van der Waals surface area contributed by atoms with Gasteiger partial charge < -0.3 is 4.90 Å². The van der Waals surface area contributed by atoms with E-state index in [1.165, 1.54) is 22.4 Å². The number of carbonyl (C=O) groups is 1. The summed E-state index contributed by atoms with van der Waals surface area (Å²) in [5, 5.41) is 7.80. The Morgan fingerprint density at radius 3 is 2.39 bits per heavy atom. The van der Waals surface area contributed by atoms with Crippen LogP contribution in [0.1, 0.15) is 0 Å². The zero-order valence-corrected chi connectivity index (χ0v) is 22.0. The molecule has 1 amide bonds. The second-order valence-electron chi connectivity index (χ2n) is 8.89. The molecule has 0 N–H and O–H groups in total. The van der Waals surface area contributed by atoms with Gasteiger partial charge in [0.2, 0.25) is 15.9 Å². The van der Waals surface area contributed by atoms with E-state index in [-0.39, 0.29) is 29.6 Å². The maximum Gasteiger partial charge on any atom is 0.243 e. The number of hydrogen-bond acceptors (Lipinski definition) is 7. The van der Waals surface area contributed by atoms with Crippen molar-refractivity contribution in [1.82, 2.24) is 29.0 Å². The minimum atomic E-state index is -3.64. The van der Waals surface area contributed by atoms with Crippen LogP contribution in [0.15, 0.2) is 95.2 Å². The van der Waals surface area contributed by atoms with Gasteiger partial charge in [0.25, 0.3) is 0 Å². The summed E-state index contributed by atoms with van der Waals surface area (Å²) in [6.45, 7) is 1.20. The van der Waals surface area contributed by atoms with Crippen molar-refractivity contribution in [2.24, 2.45) is 0 Å². The molecular weight excluding hydrogens is 520 g/mol. The van der Waals surface area contributed by atoms with Crippen LogP contribution in [0.2, 0.25) is 0 Å². The highest BCUT2D eigenvalue weighted by Crippen LogP contribution is 2.27. The number of amides is 1. The molecule has 5 aromatic rings. The first-order valence-corrected chi connectivity index (χ1v) is 14.6. The van der Waals surface area contributed by atoms with Gasteiger partial charge in [-0.2, -0.15) is 9.40 Å². The molecule has 1 aliphatic rings. The lowest BCUT2D eigenvalue weighted by atomic mass is 10.1. The molecule has 0 aliphatic carbocycles. The third-order valence-corrected chi connectivity index (χ3v) is 9.50. The van der Waals surface area contributed by atoms with Gasteiger partial charge in [0.05, 0.1) is 27.9 Å². The smallest absolute Gasteiger partial charge is 0.243 e. The highest BCUT2D eigenvalue weighted by molar-refractivity contribution is 8.00. The number of nitrogens with zero attached hydrogens (tertiary/aromatic N) is 6. The number of hydrogen-bond donors (Lipinski definition) is 0. The van der Waals surface area contributed by atoms with Gasteiger partial charge in [-0.15, -0.1) is 0 Å². The number of aromatic nitrogens is 4. The summed E-state index contributed by atoms with van der Waals surface area (Å²) in [6.07, 6.45) is 3.19. The number of piperazine rings is 1. The van der Waals surface area contributed by atoms with Gasteiger partial charge in [-0.1, -0.05) is 60.3 Å². The molecule has 2 aromatic heterocycles. The van der Waals surface area contributed by atoms with E-state index < -0.39 is 10.0 Å². The van der Waals surface area contributed by atoms with Gasteiger partial charge in [0.1, 0.15) is 11.4 Å². The summed E-state index contributed by atoms with van der Waals surface area (Å²) in [6, 6.07) is 22.6. The normalized spacial score (nSPS) is 14.8. The van der Waals surface area contributed by atoms with Gasteiger partial charge in [-0.05, 0) is 35.0 Å². The SMILES string of the molecule is O=C(CSc1ncnc2c1cnn2-c1ccccc1)N1CCN(S(=O)(=O)c2ccc3ccccc3c2)CC1. The first-order chi connectivity index (χ1) is 18.5. The van der Waals surface area contributed by atoms with E-state index in [4.69, 9.17) is 0 Å². The van der Waals surface area contributed by atoms with Gasteiger partial charge in [-0.3, -0.25) is 4.79 Å². The Morgan fingerprint density at radius 1 is 0.868 bits per heavy atom. The first-order valence-electron chi connectivity index (χ1n) is 12.1. The van der Waals surface area contributed by atoms with Crippen molar-refractivity contribution in [3.05, 3.63) is 85.3 Å². The average molecular weight is 545 g/mol. The molecule has 1 fully saturated rings. The molecule has 0 atom stereocenters. The molecule has 6 rings (SSSR count). The fourth-order valence-corrected chi connectivity index (χ4v) is 6.89. The fourth-order valence-electron chi connectivity index (χ4n) is 4.57. The van der Waals surface area contributed by atoms with Crippen LogP contribution >= 0.6 is 11.8 Å². The summed E-state index contributed by atoms with van der Waals surface area (Å²) in [5.74, 6) is 0.139. The minimum Gasteiger partial charge on any atom is -0.339 e. The lowest BCUT2D eigenvalue weighted by Crippen LogP contribution is -2.50. The number of rotatable bonds is 6. The van der Waals surface area contributed by atoms with E-state index >= 15 is 0 Å². The van der Waals surface area contributed by atoms with Crippen molar-refractivity contribution < 1.29 is 13.2 Å². The van der Waals surface area contributed by atoms with E-state index in [0.29, 0.717) is 23.8 Å². The van der Waals surface area contributed by atoms with Crippen LogP contribution in [-0.2, 0) is 14.8 Å². The second-order valence-corrected chi connectivity index (χ2v) is 11.8.